The average Bonchev–Trinajstić information content (AvgIpc) is 2.04. The second kappa shape index (κ2) is 5.73. The van der Waals surface area contributed by atoms with Gasteiger partial charge >= 0.3 is 0 Å². The molecule has 0 saturated heterocycles. The Bertz CT molecular complexity index is 301. The van der Waals surface area contributed by atoms with Crippen LogP contribution in [-0.4, -0.2) is 10.5 Å². The highest BCUT2D eigenvalue weighted by molar-refractivity contribution is 6.68. The minimum absolute atomic E-state index is 0.110. The number of hydrogen-bond donors (Lipinski definition) is 0. The van der Waals surface area contributed by atoms with Gasteiger partial charge in [-0.3, -0.25) is 9.59 Å². The third-order valence-corrected chi connectivity index (χ3v) is 1.72. The average molecular weight is 219 g/mol. The molecule has 0 aromatic carbocycles. The SMILES string of the molecule is C=C(/C=C\C(=C/C)C(=O)Cl)C(=O)Cl. The molecule has 0 aromatic rings. The summed E-state index contributed by atoms with van der Waals surface area (Å²) in [7, 11) is 0. The summed E-state index contributed by atoms with van der Waals surface area (Å²) in [6.45, 7) is 5.03. The van der Waals surface area contributed by atoms with Crippen LogP contribution in [0.2, 0.25) is 0 Å². The van der Waals surface area contributed by atoms with Gasteiger partial charge in [-0.25, -0.2) is 0 Å². The quantitative estimate of drug-likeness (QED) is 0.413. The largest absolute Gasteiger partial charge is 0.276 e. The molecule has 4 heteroatoms. The molecule has 0 atom stereocenters. The van der Waals surface area contributed by atoms with Gasteiger partial charge in [0.05, 0.1) is 0 Å². The Morgan fingerprint density at radius 1 is 1.15 bits per heavy atom. The molecule has 13 heavy (non-hydrogen) atoms. The zero-order chi connectivity index (χ0) is 10.4. The molecule has 0 aliphatic heterocycles. The summed E-state index contributed by atoms with van der Waals surface area (Å²) in [6.07, 6.45) is 4.25. The van der Waals surface area contributed by atoms with Crippen LogP contribution in [-0.2, 0) is 9.59 Å². The molecule has 2 nitrogen and oxygen atoms in total. The van der Waals surface area contributed by atoms with Crippen molar-refractivity contribution in [1.82, 2.24) is 0 Å². The van der Waals surface area contributed by atoms with E-state index in [1.54, 1.807) is 6.92 Å². The lowest BCUT2D eigenvalue weighted by Crippen LogP contribution is -1.91. The van der Waals surface area contributed by atoms with E-state index in [2.05, 4.69) is 6.58 Å². The fraction of sp³-hybridized carbons (Fsp3) is 0.111. The molecule has 0 spiro atoms. The maximum atomic E-state index is 10.7. The van der Waals surface area contributed by atoms with Gasteiger partial charge in [-0.15, -0.1) is 0 Å². The van der Waals surface area contributed by atoms with Gasteiger partial charge in [0.25, 0.3) is 10.5 Å². The molecule has 0 saturated carbocycles. The van der Waals surface area contributed by atoms with E-state index in [1.807, 2.05) is 0 Å². The molecule has 0 rings (SSSR count). The van der Waals surface area contributed by atoms with Crippen LogP contribution in [0.1, 0.15) is 6.92 Å². The molecule has 0 N–H and O–H groups in total. The first-order valence-electron chi connectivity index (χ1n) is 3.42. The molecule has 0 aliphatic rings. The summed E-state index contributed by atoms with van der Waals surface area (Å²) in [5, 5.41) is -1.25. The zero-order valence-corrected chi connectivity index (χ0v) is 8.52. The van der Waals surface area contributed by atoms with Crippen molar-refractivity contribution >= 4 is 33.7 Å². The molecule has 0 unspecified atom stereocenters. The van der Waals surface area contributed by atoms with E-state index in [9.17, 15) is 9.59 Å². The van der Waals surface area contributed by atoms with E-state index >= 15 is 0 Å². The zero-order valence-electron chi connectivity index (χ0n) is 7.01. The number of carbonyl (C=O) groups excluding carboxylic acids is 2. The molecular formula is C9H8Cl2O2. The summed E-state index contributed by atoms with van der Waals surface area (Å²) < 4.78 is 0. The van der Waals surface area contributed by atoms with E-state index in [0.29, 0.717) is 5.57 Å². The van der Waals surface area contributed by atoms with Crippen molar-refractivity contribution in [3.63, 3.8) is 0 Å². The van der Waals surface area contributed by atoms with Gasteiger partial charge in [0.2, 0.25) is 0 Å². The number of rotatable bonds is 4. The summed E-state index contributed by atoms with van der Waals surface area (Å²) in [4.78, 5) is 21.1. The van der Waals surface area contributed by atoms with Gasteiger partial charge in [-0.1, -0.05) is 12.7 Å². The Labute approximate surface area is 86.5 Å². The summed E-state index contributed by atoms with van der Waals surface area (Å²) >= 11 is 10.3. The van der Waals surface area contributed by atoms with E-state index in [-0.39, 0.29) is 5.57 Å². The maximum Gasteiger partial charge on any atom is 0.252 e. The minimum atomic E-state index is -0.659. The maximum absolute atomic E-state index is 10.7. The molecule has 70 valence electrons. The highest BCUT2D eigenvalue weighted by atomic mass is 35.5. The summed E-state index contributed by atoms with van der Waals surface area (Å²) in [6, 6.07) is 0. The number of halogens is 2. The van der Waals surface area contributed by atoms with E-state index < -0.39 is 10.5 Å². The van der Waals surface area contributed by atoms with Gasteiger partial charge in [0.1, 0.15) is 0 Å². The number of allylic oxidation sites excluding steroid dienone is 5. The van der Waals surface area contributed by atoms with Crippen LogP contribution in [0.5, 0.6) is 0 Å². The lowest BCUT2D eigenvalue weighted by atomic mass is 10.2. The van der Waals surface area contributed by atoms with Crippen molar-refractivity contribution in [3.05, 3.63) is 36.0 Å². The Hall–Kier alpha value is -0.860. The Morgan fingerprint density at radius 2 is 1.69 bits per heavy atom. The molecule has 0 amide bonds. The molecule has 0 aliphatic carbocycles. The minimum Gasteiger partial charge on any atom is -0.276 e. The molecule has 0 fully saturated rings. The summed E-state index contributed by atoms with van der Waals surface area (Å²) in [5.41, 5.74) is 0.402. The summed E-state index contributed by atoms with van der Waals surface area (Å²) in [5.74, 6) is 0. The van der Waals surface area contributed by atoms with Crippen LogP contribution in [0.25, 0.3) is 0 Å². The second-order valence-electron chi connectivity index (χ2n) is 2.15. The van der Waals surface area contributed by atoms with Crippen LogP contribution in [0, 0.1) is 0 Å². The highest BCUT2D eigenvalue weighted by Crippen LogP contribution is 2.06. The molecule has 0 heterocycles. The molecule has 0 bridgehead atoms. The van der Waals surface area contributed by atoms with E-state index in [4.69, 9.17) is 23.2 Å². The van der Waals surface area contributed by atoms with Crippen LogP contribution in [0.15, 0.2) is 36.0 Å². The first kappa shape index (κ1) is 12.1. The third kappa shape index (κ3) is 4.65. The van der Waals surface area contributed by atoms with Gasteiger partial charge in [-0.05, 0) is 42.3 Å². The van der Waals surface area contributed by atoms with E-state index in [1.165, 1.54) is 18.2 Å². The van der Waals surface area contributed by atoms with Gasteiger partial charge in [0, 0.05) is 11.1 Å². The van der Waals surface area contributed by atoms with Crippen LogP contribution in [0.4, 0.5) is 0 Å². The monoisotopic (exact) mass is 218 g/mol. The highest BCUT2D eigenvalue weighted by Gasteiger charge is 2.01. The first-order valence-corrected chi connectivity index (χ1v) is 4.17. The Kier molecular flexibility index (Phi) is 5.35. The smallest absolute Gasteiger partial charge is 0.252 e. The first-order chi connectivity index (χ1) is 5.99. The van der Waals surface area contributed by atoms with Gasteiger partial charge < -0.3 is 0 Å². The van der Waals surface area contributed by atoms with Gasteiger partial charge in [0.15, 0.2) is 0 Å². The Morgan fingerprint density at radius 3 is 2.00 bits per heavy atom. The normalized spacial score (nSPS) is 11.8. The number of carbonyl (C=O) groups is 2. The van der Waals surface area contributed by atoms with Crippen molar-refractivity contribution in [2.45, 2.75) is 6.92 Å². The molecular weight excluding hydrogens is 211 g/mol. The lowest BCUT2D eigenvalue weighted by Gasteiger charge is -1.92. The van der Waals surface area contributed by atoms with E-state index in [0.717, 1.165) is 0 Å². The Balaban J connectivity index is 4.51. The topological polar surface area (TPSA) is 34.1 Å². The fourth-order valence-corrected chi connectivity index (χ4v) is 0.766. The molecule has 0 aromatic heterocycles. The van der Waals surface area contributed by atoms with Gasteiger partial charge in [-0.2, -0.15) is 0 Å². The van der Waals surface area contributed by atoms with Crippen LogP contribution >= 0.6 is 23.2 Å². The van der Waals surface area contributed by atoms with Crippen molar-refractivity contribution < 1.29 is 9.59 Å². The lowest BCUT2D eigenvalue weighted by molar-refractivity contribution is -0.109. The fourth-order valence-electron chi connectivity index (χ4n) is 0.531. The third-order valence-electron chi connectivity index (χ3n) is 1.25. The number of hydrogen-bond acceptors (Lipinski definition) is 2. The second-order valence-corrected chi connectivity index (χ2v) is 2.84. The van der Waals surface area contributed by atoms with Crippen LogP contribution in [0.3, 0.4) is 0 Å². The predicted octanol–water partition coefficient (Wildman–Crippen LogP) is 2.58. The molecule has 0 radical (unpaired) electrons. The van der Waals surface area contributed by atoms with Crippen molar-refractivity contribution in [1.29, 1.82) is 0 Å². The predicted molar refractivity (Wildman–Crippen MR) is 53.8 cm³/mol. The van der Waals surface area contributed by atoms with Crippen molar-refractivity contribution in [2.75, 3.05) is 0 Å². The van der Waals surface area contributed by atoms with Crippen molar-refractivity contribution in [3.8, 4) is 0 Å². The van der Waals surface area contributed by atoms with Crippen molar-refractivity contribution in [2.24, 2.45) is 0 Å². The van der Waals surface area contributed by atoms with Crippen LogP contribution < -0.4 is 0 Å². The standard InChI is InChI=1S/C9H8Cl2O2/c1-3-7(9(11)13)5-4-6(2)8(10)12/h3-5H,2H2,1H3/b5-4-,7-3+.